The lowest BCUT2D eigenvalue weighted by atomic mass is 10.2. The average Bonchev–Trinajstić information content (AvgIpc) is 3.20. The van der Waals surface area contributed by atoms with Crippen molar-refractivity contribution >= 4 is 17.4 Å². The van der Waals surface area contributed by atoms with E-state index in [1.165, 1.54) is 11.8 Å². The second kappa shape index (κ2) is 5.24. The van der Waals surface area contributed by atoms with Crippen LogP contribution in [0.1, 0.15) is 24.4 Å². The molecule has 1 aromatic heterocycles. The molecule has 0 aliphatic heterocycles. The molecule has 3 rings (SSSR count). The highest BCUT2D eigenvalue weighted by Gasteiger charge is 2.28. The van der Waals surface area contributed by atoms with Crippen LogP contribution in [-0.4, -0.2) is 21.9 Å². The van der Waals surface area contributed by atoms with Crippen molar-refractivity contribution in [2.24, 2.45) is 0 Å². The predicted octanol–water partition coefficient (Wildman–Crippen LogP) is 1.79. The van der Waals surface area contributed by atoms with Gasteiger partial charge in [-0.2, -0.15) is 0 Å². The number of nitrogens with two attached hydrogens (primary N) is 1. The first-order valence-electron chi connectivity index (χ1n) is 6.41. The van der Waals surface area contributed by atoms with Gasteiger partial charge in [0.2, 0.25) is 0 Å². The van der Waals surface area contributed by atoms with Crippen LogP contribution in [0.5, 0.6) is 5.75 Å². The molecule has 0 bridgehead atoms. The van der Waals surface area contributed by atoms with Gasteiger partial charge in [0.15, 0.2) is 5.16 Å². The number of nitrogens with one attached hydrogen (secondary N) is 1. The highest BCUT2D eigenvalue weighted by Crippen LogP contribution is 2.37. The highest BCUT2D eigenvalue weighted by molar-refractivity contribution is 7.98. The smallest absolute Gasteiger partial charge is 0.344 e. The van der Waals surface area contributed by atoms with Gasteiger partial charge in [-0.1, -0.05) is 11.8 Å². The summed E-state index contributed by atoms with van der Waals surface area (Å²) in [5, 5.41) is 7.33. The van der Waals surface area contributed by atoms with Crippen molar-refractivity contribution in [2.45, 2.75) is 29.8 Å². The molecule has 106 valence electrons. The Hall–Kier alpha value is -1.89. The molecule has 1 heterocycles. The Bertz CT molecular complexity index is 675. The van der Waals surface area contributed by atoms with Gasteiger partial charge in [0.05, 0.1) is 7.11 Å². The van der Waals surface area contributed by atoms with E-state index in [9.17, 15) is 4.79 Å². The first-order chi connectivity index (χ1) is 9.69. The Labute approximate surface area is 120 Å². The molecule has 1 aromatic carbocycles. The van der Waals surface area contributed by atoms with Gasteiger partial charge < -0.3 is 10.5 Å². The number of nitrogens with zero attached hydrogens (tertiary/aromatic N) is 2. The number of aromatic amines is 1. The summed E-state index contributed by atoms with van der Waals surface area (Å²) in [5.41, 5.74) is 7.36. The van der Waals surface area contributed by atoms with E-state index >= 15 is 0 Å². The second-order valence-corrected chi connectivity index (χ2v) is 5.71. The van der Waals surface area contributed by atoms with Crippen LogP contribution in [-0.2, 0) is 5.75 Å². The molecule has 0 spiro atoms. The van der Waals surface area contributed by atoms with Crippen molar-refractivity contribution in [2.75, 3.05) is 12.8 Å². The summed E-state index contributed by atoms with van der Waals surface area (Å²) in [7, 11) is 1.63. The van der Waals surface area contributed by atoms with Crippen molar-refractivity contribution in [1.82, 2.24) is 14.8 Å². The number of nitrogen functional groups attached to an aromatic ring is 1. The van der Waals surface area contributed by atoms with Crippen molar-refractivity contribution in [3.63, 3.8) is 0 Å². The zero-order valence-corrected chi connectivity index (χ0v) is 11.9. The molecular weight excluding hydrogens is 276 g/mol. The standard InChI is InChI=1S/C13H16N4O2S/c1-19-11-5-2-9(14)6-8(11)7-20-13-16-15-12(18)17(13)10-3-4-10/h2,5-6,10H,3-4,7,14H2,1H3,(H,15,18). The zero-order chi connectivity index (χ0) is 14.1. The zero-order valence-electron chi connectivity index (χ0n) is 11.1. The minimum absolute atomic E-state index is 0.130. The molecule has 0 saturated heterocycles. The number of anilines is 1. The number of benzene rings is 1. The Morgan fingerprint density at radius 1 is 1.55 bits per heavy atom. The SMILES string of the molecule is COc1ccc(N)cc1CSc1n[nH]c(=O)n1C1CC1. The average molecular weight is 292 g/mol. The Morgan fingerprint density at radius 2 is 2.35 bits per heavy atom. The van der Waals surface area contributed by atoms with E-state index in [1.54, 1.807) is 11.7 Å². The maximum atomic E-state index is 11.7. The minimum atomic E-state index is -0.130. The first-order valence-corrected chi connectivity index (χ1v) is 7.39. The van der Waals surface area contributed by atoms with E-state index < -0.39 is 0 Å². The molecule has 0 amide bonds. The number of H-pyrrole nitrogens is 1. The lowest BCUT2D eigenvalue weighted by Gasteiger charge is -2.09. The van der Waals surface area contributed by atoms with Crippen LogP contribution in [0.2, 0.25) is 0 Å². The van der Waals surface area contributed by atoms with Gasteiger partial charge in [-0.15, -0.1) is 5.10 Å². The summed E-state index contributed by atoms with van der Waals surface area (Å²) in [4.78, 5) is 11.7. The summed E-state index contributed by atoms with van der Waals surface area (Å²) in [5.74, 6) is 1.45. The number of methoxy groups -OCH3 is 1. The first kappa shape index (κ1) is 13.1. The molecule has 1 aliphatic carbocycles. The molecule has 20 heavy (non-hydrogen) atoms. The van der Waals surface area contributed by atoms with Crippen molar-refractivity contribution in [3.8, 4) is 5.75 Å². The van der Waals surface area contributed by atoms with Gasteiger partial charge in [0.25, 0.3) is 0 Å². The maximum Gasteiger partial charge on any atom is 0.344 e. The summed E-state index contributed by atoms with van der Waals surface area (Å²) < 4.78 is 7.06. The number of aromatic nitrogens is 3. The van der Waals surface area contributed by atoms with Crippen LogP contribution >= 0.6 is 11.8 Å². The van der Waals surface area contributed by atoms with Crippen LogP contribution < -0.4 is 16.2 Å². The topological polar surface area (TPSA) is 85.9 Å². The molecule has 7 heteroatoms. The molecule has 3 N–H and O–H groups in total. The Morgan fingerprint density at radius 3 is 3.05 bits per heavy atom. The fourth-order valence-corrected chi connectivity index (χ4v) is 3.09. The highest BCUT2D eigenvalue weighted by atomic mass is 32.2. The van der Waals surface area contributed by atoms with Gasteiger partial charge in [-0.05, 0) is 31.0 Å². The lowest BCUT2D eigenvalue weighted by Crippen LogP contribution is -2.16. The van der Waals surface area contributed by atoms with Crippen LogP contribution in [0, 0.1) is 0 Å². The van der Waals surface area contributed by atoms with Crippen molar-refractivity contribution in [3.05, 3.63) is 34.2 Å². The number of rotatable bonds is 5. The quantitative estimate of drug-likeness (QED) is 0.648. The van der Waals surface area contributed by atoms with E-state index in [0.717, 1.165) is 29.3 Å². The molecular formula is C13H16N4O2S. The lowest BCUT2D eigenvalue weighted by molar-refractivity contribution is 0.411. The van der Waals surface area contributed by atoms with Crippen molar-refractivity contribution < 1.29 is 4.74 Å². The monoisotopic (exact) mass is 292 g/mol. The Balaban J connectivity index is 1.80. The van der Waals surface area contributed by atoms with Gasteiger partial charge in [0.1, 0.15) is 5.75 Å². The third-order valence-electron chi connectivity index (χ3n) is 3.25. The summed E-state index contributed by atoms with van der Waals surface area (Å²) in [6.45, 7) is 0. The van der Waals surface area contributed by atoms with E-state index in [2.05, 4.69) is 10.2 Å². The van der Waals surface area contributed by atoms with Gasteiger partial charge in [-0.3, -0.25) is 4.57 Å². The second-order valence-electron chi connectivity index (χ2n) is 4.77. The molecule has 0 atom stereocenters. The Kier molecular flexibility index (Phi) is 3.43. The number of thioether (sulfide) groups is 1. The van der Waals surface area contributed by atoms with Crippen LogP contribution in [0.25, 0.3) is 0 Å². The van der Waals surface area contributed by atoms with Gasteiger partial charge in [0, 0.05) is 23.0 Å². The molecule has 0 radical (unpaired) electrons. The maximum absolute atomic E-state index is 11.7. The normalized spacial score (nSPS) is 14.4. The molecule has 6 nitrogen and oxygen atoms in total. The largest absolute Gasteiger partial charge is 0.496 e. The van der Waals surface area contributed by atoms with Gasteiger partial charge in [-0.25, -0.2) is 9.89 Å². The summed E-state index contributed by atoms with van der Waals surface area (Å²) in [6, 6.07) is 5.86. The van der Waals surface area contributed by atoms with Crippen LogP contribution in [0.4, 0.5) is 5.69 Å². The van der Waals surface area contributed by atoms with Crippen molar-refractivity contribution in [1.29, 1.82) is 0 Å². The number of ether oxygens (including phenoxy) is 1. The molecule has 2 aromatic rings. The van der Waals surface area contributed by atoms with Crippen LogP contribution in [0.15, 0.2) is 28.2 Å². The number of hydrogen-bond acceptors (Lipinski definition) is 5. The summed E-state index contributed by atoms with van der Waals surface area (Å²) in [6.07, 6.45) is 2.10. The summed E-state index contributed by atoms with van der Waals surface area (Å²) >= 11 is 1.51. The predicted molar refractivity (Wildman–Crippen MR) is 78.1 cm³/mol. The third kappa shape index (κ3) is 2.53. The van der Waals surface area contributed by atoms with E-state index in [-0.39, 0.29) is 5.69 Å². The molecule has 0 unspecified atom stereocenters. The third-order valence-corrected chi connectivity index (χ3v) is 4.25. The molecule has 1 aliphatic rings. The number of hydrogen-bond donors (Lipinski definition) is 2. The fourth-order valence-electron chi connectivity index (χ4n) is 2.10. The minimum Gasteiger partial charge on any atom is -0.496 e. The van der Waals surface area contributed by atoms with Crippen LogP contribution in [0.3, 0.4) is 0 Å². The van der Waals surface area contributed by atoms with Gasteiger partial charge >= 0.3 is 5.69 Å². The van der Waals surface area contributed by atoms with E-state index in [1.807, 2.05) is 18.2 Å². The molecule has 1 saturated carbocycles. The van der Waals surface area contributed by atoms with E-state index in [4.69, 9.17) is 10.5 Å². The molecule has 1 fully saturated rings. The van der Waals surface area contributed by atoms with E-state index in [0.29, 0.717) is 17.5 Å². The fraction of sp³-hybridized carbons (Fsp3) is 0.385.